The largest absolute Gasteiger partial charge is 0.452 e. The van der Waals surface area contributed by atoms with E-state index in [0.29, 0.717) is 5.56 Å². The Bertz CT molecular complexity index is 774. The molecule has 2 rings (SSSR count). The Morgan fingerprint density at radius 3 is 2.69 bits per heavy atom. The maximum Gasteiger partial charge on any atom is 0.341 e. The number of carbonyl (C=O) groups excluding carboxylic acids is 2. The number of alkyl halides is 2. The smallest absolute Gasteiger partial charge is 0.341 e. The number of benzene rings is 1. The van der Waals surface area contributed by atoms with Gasteiger partial charge in [0, 0.05) is 12.7 Å². The summed E-state index contributed by atoms with van der Waals surface area (Å²) in [6.07, 6.45) is 1.56. The van der Waals surface area contributed by atoms with E-state index in [9.17, 15) is 22.8 Å². The minimum Gasteiger partial charge on any atom is -0.452 e. The Balaban J connectivity index is 1.80. The van der Waals surface area contributed by atoms with Crippen molar-refractivity contribution in [1.82, 2.24) is 10.3 Å². The van der Waals surface area contributed by atoms with E-state index in [1.54, 1.807) is 18.2 Å². The van der Waals surface area contributed by atoms with Crippen molar-refractivity contribution >= 4 is 23.6 Å². The zero-order valence-electron chi connectivity index (χ0n) is 13.5. The number of amides is 1. The van der Waals surface area contributed by atoms with E-state index >= 15 is 0 Å². The van der Waals surface area contributed by atoms with Gasteiger partial charge in [-0.15, -0.1) is 0 Å². The molecule has 0 saturated carbocycles. The van der Waals surface area contributed by atoms with Crippen molar-refractivity contribution in [3.63, 3.8) is 0 Å². The average molecular weight is 384 g/mol. The number of pyridine rings is 1. The van der Waals surface area contributed by atoms with Gasteiger partial charge in [-0.3, -0.25) is 4.79 Å². The molecule has 1 heterocycles. The molecule has 5 nitrogen and oxygen atoms in total. The second kappa shape index (κ2) is 9.81. The van der Waals surface area contributed by atoms with Crippen LogP contribution in [-0.4, -0.2) is 35.8 Å². The average Bonchev–Trinajstić information content (AvgIpc) is 2.61. The molecule has 1 aromatic heterocycles. The normalized spacial score (nSPS) is 10.6. The lowest BCUT2D eigenvalue weighted by molar-refractivity contribution is -0.124. The van der Waals surface area contributed by atoms with Gasteiger partial charge in [0.1, 0.15) is 10.8 Å². The lowest BCUT2D eigenvalue weighted by Crippen LogP contribution is -2.30. The molecule has 0 atom stereocenters. The van der Waals surface area contributed by atoms with Crippen molar-refractivity contribution in [1.29, 1.82) is 0 Å². The van der Waals surface area contributed by atoms with E-state index in [2.05, 4.69) is 10.3 Å². The molecule has 0 radical (unpaired) electrons. The number of hydrogen-bond acceptors (Lipinski definition) is 5. The molecule has 0 unspecified atom stereocenters. The standard InChI is InChI=1S/C17H15F3N2O3S/c18-13-6-2-1-4-11(13)7-9-21-14(23)10-25-16(24)12-5-3-8-22-15(12)26-17(19)20/h1-6,8,17H,7,9-10H2,(H,21,23). The number of aromatic nitrogens is 1. The lowest BCUT2D eigenvalue weighted by atomic mass is 10.1. The number of esters is 1. The van der Waals surface area contributed by atoms with Gasteiger partial charge < -0.3 is 10.1 Å². The summed E-state index contributed by atoms with van der Waals surface area (Å²) in [5, 5.41) is 2.31. The molecule has 0 spiro atoms. The highest BCUT2D eigenvalue weighted by atomic mass is 32.2. The monoisotopic (exact) mass is 384 g/mol. The van der Waals surface area contributed by atoms with E-state index in [1.165, 1.54) is 24.4 Å². The molecule has 1 aromatic carbocycles. The van der Waals surface area contributed by atoms with Gasteiger partial charge in [-0.2, -0.15) is 8.78 Å². The Hall–Kier alpha value is -2.55. The van der Waals surface area contributed by atoms with Gasteiger partial charge in [-0.1, -0.05) is 18.2 Å². The highest BCUT2D eigenvalue weighted by molar-refractivity contribution is 7.99. The van der Waals surface area contributed by atoms with Crippen molar-refractivity contribution in [2.24, 2.45) is 0 Å². The summed E-state index contributed by atoms with van der Waals surface area (Å²) in [6.45, 7) is -0.416. The van der Waals surface area contributed by atoms with Crippen molar-refractivity contribution in [3.8, 4) is 0 Å². The second-order valence-electron chi connectivity index (χ2n) is 5.00. The summed E-state index contributed by atoms with van der Waals surface area (Å²) in [6, 6.07) is 8.87. The minimum absolute atomic E-state index is 0.119. The van der Waals surface area contributed by atoms with Crippen LogP contribution in [0.3, 0.4) is 0 Å². The summed E-state index contributed by atoms with van der Waals surface area (Å²) >= 11 is 0.119. The number of halogens is 3. The van der Waals surface area contributed by atoms with Crippen LogP contribution in [0.2, 0.25) is 0 Å². The van der Waals surface area contributed by atoms with E-state index < -0.39 is 24.2 Å². The van der Waals surface area contributed by atoms with Gasteiger partial charge in [-0.05, 0) is 41.9 Å². The van der Waals surface area contributed by atoms with Crippen LogP contribution in [0.15, 0.2) is 47.6 Å². The first-order valence-electron chi connectivity index (χ1n) is 7.54. The summed E-state index contributed by atoms with van der Waals surface area (Å²) in [5.41, 5.74) is 0.311. The van der Waals surface area contributed by atoms with E-state index in [0.717, 1.165) is 0 Å². The van der Waals surface area contributed by atoms with Crippen LogP contribution in [0.25, 0.3) is 0 Å². The molecular weight excluding hydrogens is 369 g/mol. The van der Waals surface area contributed by atoms with E-state index in [4.69, 9.17) is 4.74 Å². The molecule has 0 aliphatic rings. The number of thioether (sulfide) groups is 1. The molecule has 2 aromatic rings. The Morgan fingerprint density at radius 1 is 1.19 bits per heavy atom. The first-order chi connectivity index (χ1) is 12.5. The van der Waals surface area contributed by atoms with Gasteiger partial charge in [0.15, 0.2) is 6.61 Å². The van der Waals surface area contributed by atoms with Crippen molar-refractivity contribution in [2.75, 3.05) is 13.2 Å². The zero-order valence-corrected chi connectivity index (χ0v) is 14.3. The highest BCUT2D eigenvalue weighted by Crippen LogP contribution is 2.26. The molecule has 0 bridgehead atoms. The third kappa shape index (κ3) is 6.07. The highest BCUT2D eigenvalue weighted by Gasteiger charge is 2.18. The third-order valence-electron chi connectivity index (χ3n) is 3.20. The topological polar surface area (TPSA) is 68.3 Å². The predicted molar refractivity (Wildman–Crippen MR) is 89.5 cm³/mol. The van der Waals surface area contributed by atoms with Gasteiger partial charge in [0.05, 0.1) is 5.56 Å². The van der Waals surface area contributed by atoms with Crippen LogP contribution in [0.5, 0.6) is 0 Å². The molecule has 138 valence electrons. The molecule has 9 heteroatoms. The number of ether oxygens (including phenoxy) is 1. The lowest BCUT2D eigenvalue weighted by Gasteiger charge is -2.09. The van der Waals surface area contributed by atoms with Gasteiger partial charge in [-0.25, -0.2) is 14.2 Å². The molecule has 1 amide bonds. The Morgan fingerprint density at radius 2 is 1.96 bits per heavy atom. The summed E-state index contributed by atoms with van der Waals surface area (Å²) in [5.74, 6) is -4.61. The molecule has 0 aliphatic carbocycles. The van der Waals surface area contributed by atoms with Gasteiger partial charge in [0.25, 0.3) is 11.7 Å². The van der Waals surface area contributed by atoms with Crippen molar-refractivity contribution < 1.29 is 27.5 Å². The Kier molecular flexibility index (Phi) is 7.46. The number of carbonyl (C=O) groups is 2. The maximum atomic E-state index is 13.4. The fourth-order valence-electron chi connectivity index (χ4n) is 2.02. The number of rotatable bonds is 8. The van der Waals surface area contributed by atoms with Crippen LogP contribution >= 0.6 is 11.8 Å². The first kappa shape index (κ1) is 19.8. The van der Waals surface area contributed by atoms with Crippen LogP contribution in [0.4, 0.5) is 13.2 Å². The fraction of sp³-hybridized carbons (Fsp3) is 0.235. The minimum atomic E-state index is -2.74. The third-order valence-corrected chi connectivity index (χ3v) is 3.93. The molecule has 26 heavy (non-hydrogen) atoms. The van der Waals surface area contributed by atoms with Crippen LogP contribution < -0.4 is 5.32 Å². The molecular formula is C17H15F3N2O3S. The van der Waals surface area contributed by atoms with Gasteiger partial charge in [0.2, 0.25) is 0 Å². The van der Waals surface area contributed by atoms with E-state index in [-0.39, 0.29) is 41.1 Å². The molecule has 1 N–H and O–H groups in total. The van der Waals surface area contributed by atoms with Crippen LogP contribution in [0.1, 0.15) is 15.9 Å². The van der Waals surface area contributed by atoms with E-state index in [1.807, 2.05) is 0 Å². The van der Waals surface area contributed by atoms with Crippen LogP contribution in [-0.2, 0) is 16.0 Å². The zero-order chi connectivity index (χ0) is 18.9. The Labute approximate surface area is 152 Å². The van der Waals surface area contributed by atoms with Crippen molar-refractivity contribution in [3.05, 3.63) is 59.5 Å². The number of hydrogen-bond donors (Lipinski definition) is 1. The summed E-state index contributed by atoms with van der Waals surface area (Å²) in [4.78, 5) is 27.3. The maximum absolute atomic E-state index is 13.4. The van der Waals surface area contributed by atoms with Gasteiger partial charge >= 0.3 is 5.97 Å². The second-order valence-corrected chi connectivity index (χ2v) is 5.98. The summed E-state index contributed by atoms with van der Waals surface area (Å²) < 4.78 is 43.2. The molecule has 0 fully saturated rings. The predicted octanol–water partition coefficient (Wildman–Crippen LogP) is 3.05. The summed E-state index contributed by atoms with van der Waals surface area (Å²) in [7, 11) is 0. The number of nitrogens with one attached hydrogen (secondary N) is 1. The fourth-order valence-corrected chi connectivity index (χ4v) is 2.59. The molecule has 0 saturated heterocycles. The SMILES string of the molecule is O=C(COC(=O)c1cccnc1SC(F)F)NCCc1ccccc1F. The first-order valence-corrected chi connectivity index (χ1v) is 8.42. The molecule has 0 aliphatic heterocycles. The quantitative estimate of drug-likeness (QED) is 0.560. The van der Waals surface area contributed by atoms with Crippen LogP contribution in [0, 0.1) is 5.82 Å². The van der Waals surface area contributed by atoms with Crippen molar-refractivity contribution in [2.45, 2.75) is 17.2 Å². The number of nitrogens with zero attached hydrogens (tertiary/aromatic N) is 1.